The molecule has 1 aliphatic carbocycles. The fraction of sp³-hybridized carbons (Fsp3) is 0.480. The third kappa shape index (κ3) is 9.69. The van der Waals surface area contributed by atoms with Gasteiger partial charge in [-0.25, -0.2) is 14.1 Å². The number of aromatic nitrogens is 4. The Kier molecular flexibility index (Phi) is 12.1. The Labute approximate surface area is 205 Å². The quantitative estimate of drug-likeness (QED) is 0.296. The molecule has 1 unspecified atom stereocenters. The maximum atomic E-state index is 11.8. The van der Waals surface area contributed by atoms with Crippen LogP contribution in [0.5, 0.6) is 5.88 Å². The molecule has 190 valence electrons. The molecule has 0 amide bonds. The molecule has 0 N–H and O–H groups in total. The van der Waals surface area contributed by atoms with Crippen LogP contribution in [0.25, 0.3) is 6.08 Å². The van der Waals surface area contributed by atoms with E-state index in [4.69, 9.17) is 23.7 Å². The number of alkyl halides is 1. The summed E-state index contributed by atoms with van der Waals surface area (Å²) in [5.74, 6) is 0.543. The number of pyridine rings is 1. The van der Waals surface area contributed by atoms with Gasteiger partial charge in [0.2, 0.25) is 5.88 Å². The van der Waals surface area contributed by atoms with Crippen LogP contribution in [-0.2, 0) is 24.5 Å². The molecule has 0 spiro atoms. The topological polar surface area (TPSA) is 89.8 Å². The lowest BCUT2D eigenvalue weighted by Gasteiger charge is -2.27. The van der Waals surface area contributed by atoms with Crippen molar-refractivity contribution in [3.8, 4) is 5.88 Å². The van der Waals surface area contributed by atoms with E-state index < -0.39 is 6.67 Å². The second kappa shape index (κ2) is 15.9. The van der Waals surface area contributed by atoms with Crippen LogP contribution in [0.1, 0.15) is 12.0 Å². The summed E-state index contributed by atoms with van der Waals surface area (Å²) in [6.45, 7) is 3.18. The van der Waals surface area contributed by atoms with E-state index >= 15 is 0 Å². The number of allylic oxidation sites excluding steroid dienone is 5. The Bertz CT molecular complexity index is 905. The molecule has 3 rings (SSSR count). The minimum Gasteiger partial charge on any atom is -0.475 e. The van der Waals surface area contributed by atoms with E-state index in [9.17, 15) is 4.39 Å². The first-order chi connectivity index (χ1) is 17.3. The van der Waals surface area contributed by atoms with Crippen molar-refractivity contribution < 1.29 is 28.1 Å². The van der Waals surface area contributed by atoms with Crippen molar-refractivity contribution in [2.45, 2.75) is 12.0 Å². The molecule has 0 aliphatic heterocycles. The Balaban J connectivity index is 1.26. The van der Waals surface area contributed by atoms with Gasteiger partial charge in [0.1, 0.15) is 18.8 Å². The smallest absolute Gasteiger partial charge is 0.213 e. The highest BCUT2D eigenvalue weighted by molar-refractivity contribution is 5.51. The summed E-state index contributed by atoms with van der Waals surface area (Å²) in [5, 5.41) is 8.13. The maximum absolute atomic E-state index is 11.8. The fourth-order valence-corrected chi connectivity index (χ4v) is 3.26. The van der Waals surface area contributed by atoms with Crippen LogP contribution in [0.15, 0.2) is 61.1 Å². The Morgan fingerprint density at radius 3 is 2.20 bits per heavy atom. The zero-order valence-electron chi connectivity index (χ0n) is 19.8. The zero-order chi connectivity index (χ0) is 24.4. The second-order valence-corrected chi connectivity index (χ2v) is 7.58. The first kappa shape index (κ1) is 26.7. The molecule has 2 aromatic heterocycles. The summed E-state index contributed by atoms with van der Waals surface area (Å²) in [6.07, 6.45) is 18.5. The number of rotatable bonds is 18. The lowest BCUT2D eigenvalue weighted by Crippen LogP contribution is -2.30. The van der Waals surface area contributed by atoms with E-state index in [1.807, 2.05) is 41.2 Å². The van der Waals surface area contributed by atoms with Crippen molar-refractivity contribution in [1.82, 2.24) is 20.0 Å². The molecule has 0 bridgehead atoms. The van der Waals surface area contributed by atoms with Crippen LogP contribution < -0.4 is 4.74 Å². The molecule has 9 nitrogen and oxygen atoms in total. The van der Waals surface area contributed by atoms with Gasteiger partial charge in [-0.2, -0.15) is 0 Å². The zero-order valence-corrected chi connectivity index (χ0v) is 19.8. The first-order valence-electron chi connectivity index (χ1n) is 11.7. The molecule has 1 aliphatic rings. The van der Waals surface area contributed by atoms with E-state index in [1.165, 1.54) is 0 Å². The minimum absolute atomic E-state index is 0.113. The van der Waals surface area contributed by atoms with Crippen LogP contribution >= 0.6 is 0 Å². The van der Waals surface area contributed by atoms with E-state index in [0.29, 0.717) is 58.7 Å². The number of halogens is 1. The molecule has 2 heterocycles. The van der Waals surface area contributed by atoms with Gasteiger partial charge in [-0.15, -0.1) is 5.10 Å². The molecule has 1 atom stereocenters. The van der Waals surface area contributed by atoms with E-state index in [1.54, 1.807) is 12.4 Å². The van der Waals surface area contributed by atoms with Crippen LogP contribution in [0.2, 0.25) is 0 Å². The summed E-state index contributed by atoms with van der Waals surface area (Å²) in [5.41, 5.74) is 0.588. The Hall–Kier alpha value is -2.92. The van der Waals surface area contributed by atoms with Gasteiger partial charge in [-0.1, -0.05) is 41.7 Å². The van der Waals surface area contributed by atoms with Crippen molar-refractivity contribution in [2.24, 2.45) is 0 Å². The molecular formula is C25H33FN4O5. The second-order valence-electron chi connectivity index (χ2n) is 7.58. The highest BCUT2D eigenvalue weighted by Crippen LogP contribution is 2.28. The molecule has 2 aromatic rings. The number of hydrogen-bond acceptors (Lipinski definition) is 8. The monoisotopic (exact) mass is 488 g/mol. The third-order valence-electron chi connectivity index (χ3n) is 5.06. The van der Waals surface area contributed by atoms with Crippen LogP contribution in [0.4, 0.5) is 4.39 Å². The first-order valence-corrected chi connectivity index (χ1v) is 11.7. The predicted molar refractivity (Wildman–Crippen MR) is 129 cm³/mol. The molecular weight excluding hydrogens is 455 g/mol. The van der Waals surface area contributed by atoms with Crippen LogP contribution in [-0.4, -0.2) is 86.1 Å². The van der Waals surface area contributed by atoms with Gasteiger partial charge in [0.05, 0.1) is 59.1 Å². The van der Waals surface area contributed by atoms with Crippen molar-refractivity contribution in [3.63, 3.8) is 0 Å². The highest BCUT2D eigenvalue weighted by atomic mass is 19.1. The average molecular weight is 489 g/mol. The number of hydrogen-bond donors (Lipinski definition) is 0. The van der Waals surface area contributed by atoms with Gasteiger partial charge in [-0.3, -0.25) is 0 Å². The molecule has 10 heteroatoms. The maximum Gasteiger partial charge on any atom is 0.213 e. The Morgan fingerprint density at radius 2 is 1.63 bits per heavy atom. The lowest BCUT2D eigenvalue weighted by atomic mass is 9.90. The number of ether oxygens (including phenoxy) is 5. The van der Waals surface area contributed by atoms with Gasteiger partial charge in [-0.05, 0) is 18.1 Å². The van der Waals surface area contributed by atoms with Crippen LogP contribution in [0.3, 0.4) is 0 Å². The molecule has 0 saturated carbocycles. The van der Waals surface area contributed by atoms with E-state index in [2.05, 4.69) is 33.5 Å². The highest BCUT2D eigenvalue weighted by Gasteiger charge is 2.26. The summed E-state index contributed by atoms with van der Waals surface area (Å²) >= 11 is 0. The average Bonchev–Trinajstić information content (AvgIpc) is 3.45. The van der Waals surface area contributed by atoms with E-state index in [0.717, 1.165) is 12.0 Å². The fourth-order valence-electron chi connectivity index (χ4n) is 3.26. The SMILES string of the molecule is FCCOCCOCCOCCOCCOc1ccc(/C=C/C2(n3ccnn3)C=CC=CC2)cn1. The molecule has 0 radical (unpaired) electrons. The van der Waals surface area contributed by atoms with Crippen molar-refractivity contribution >= 4 is 6.08 Å². The van der Waals surface area contributed by atoms with Crippen molar-refractivity contribution in [1.29, 1.82) is 0 Å². The molecule has 35 heavy (non-hydrogen) atoms. The summed E-state index contributed by atoms with van der Waals surface area (Å²) in [7, 11) is 0. The molecule has 0 fully saturated rings. The standard InChI is InChI=1S/C25H33FN4O5/c26-10-13-31-14-15-32-16-17-33-18-19-34-20-21-35-24-5-4-23(22-27-24)6-9-25(7-2-1-3-8-25)30-12-11-28-29-30/h1-7,9,11-12,22H,8,10,13-21H2/b9-6+. The van der Waals surface area contributed by atoms with Crippen molar-refractivity contribution in [2.75, 3.05) is 66.1 Å². The van der Waals surface area contributed by atoms with Gasteiger partial charge in [0.25, 0.3) is 0 Å². The van der Waals surface area contributed by atoms with Gasteiger partial charge in [0.15, 0.2) is 0 Å². The van der Waals surface area contributed by atoms with Gasteiger partial charge in [0, 0.05) is 18.5 Å². The Morgan fingerprint density at radius 1 is 0.914 bits per heavy atom. The summed E-state index contributed by atoms with van der Waals surface area (Å²) in [6, 6.07) is 3.80. The van der Waals surface area contributed by atoms with Crippen LogP contribution in [0, 0.1) is 0 Å². The summed E-state index contributed by atoms with van der Waals surface area (Å²) < 4.78 is 40.5. The molecule has 0 aromatic carbocycles. The normalized spacial score (nSPS) is 17.4. The van der Waals surface area contributed by atoms with Gasteiger partial charge >= 0.3 is 0 Å². The number of nitrogens with zero attached hydrogens (tertiary/aromatic N) is 4. The van der Waals surface area contributed by atoms with E-state index in [-0.39, 0.29) is 12.1 Å². The van der Waals surface area contributed by atoms with Crippen molar-refractivity contribution in [3.05, 3.63) is 66.7 Å². The largest absolute Gasteiger partial charge is 0.475 e. The summed E-state index contributed by atoms with van der Waals surface area (Å²) in [4.78, 5) is 4.37. The minimum atomic E-state index is -0.474. The van der Waals surface area contributed by atoms with Gasteiger partial charge < -0.3 is 23.7 Å². The third-order valence-corrected chi connectivity index (χ3v) is 5.06. The predicted octanol–water partition coefficient (Wildman–Crippen LogP) is 3.01. The molecule has 0 saturated heterocycles. The lowest BCUT2D eigenvalue weighted by molar-refractivity contribution is -0.00569.